The first-order chi connectivity index (χ1) is 14.2. The van der Waals surface area contributed by atoms with Crippen LogP contribution < -0.4 is 11.1 Å². The Morgan fingerprint density at radius 2 is 1.71 bits per heavy atom. The van der Waals surface area contributed by atoms with E-state index in [1.165, 1.54) is 24.8 Å². The molecule has 1 amide bonds. The molecule has 2 fully saturated rings. The van der Waals surface area contributed by atoms with Gasteiger partial charge in [0.05, 0.1) is 17.4 Å². The SMILES string of the molecule is Cl.Cl.NC1C2CCCC1CC(C(=O)Nc1ccc(Cn3cnc4ccccc43)cc1)C2. The number of nitrogens with two attached hydrogens (primary N) is 1. The van der Waals surface area contributed by atoms with Crippen LogP contribution in [0, 0.1) is 17.8 Å². The van der Waals surface area contributed by atoms with E-state index in [1.807, 2.05) is 36.7 Å². The highest BCUT2D eigenvalue weighted by Crippen LogP contribution is 2.42. The smallest absolute Gasteiger partial charge is 0.227 e. The van der Waals surface area contributed by atoms with E-state index in [2.05, 4.69) is 33.1 Å². The van der Waals surface area contributed by atoms with Gasteiger partial charge in [0.25, 0.3) is 0 Å². The van der Waals surface area contributed by atoms with Gasteiger partial charge in [-0.15, -0.1) is 24.8 Å². The lowest BCUT2D eigenvalue weighted by molar-refractivity contribution is -0.122. The van der Waals surface area contributed by atoms with Crippen LogP contribution in [0.3, 0.4) is 0 Å². The van der Waals surface area contributed by atoms with Crippen molar-refractivity contribution in [2.24, 2.45) is 23.5 Å². The molecular formula is C24H30Cl2N4O. The minimum Gasteiger partial charge on any atom is -0.327 e. The predicted octanol–water partition coefficient (Wildman–Crippen LogP) is 5.02. The molecule has 5 rings (SSSR count). The van der Waals surface area contributed by atoms with Crippen LogP contribution in [0.2, 0.25) is 0 Å². The Bertz CT molecular complexity index is 1010. The number of rotatable bonds is 4. The number of hydrogen-bond acceptors (Lipinski definition) is 3. The molecule has 2 bridgehead atoms. The van der Waals surface area contributed by atoms with Crippen LogP contribution in [-0.4, -0.2) is 21.5 Å². The fourth-order valence-corrected chi connectivity index (χ4v) is 5.27. The Kier molecular flexibility index (Phi) is 7.63. The van der Waals surface area contributed by atoms with E-state index in [0.29, 0.717) is 17.9 Å². The van der Waals surface area contributed by atoms with Gasteiger partial charge in [-0.05, 0) is 67.3 Å². The second kappa shape index (κ2) is 10.0. The lowest BCUT2D eigenvalue weighted by Crippen LogP contribution is -2.48. The van der Waals surface area contributed by atoms with Crippen molar-refractivity contribution in [3.8, 4) is 0 Å². The van der Waals surface area contributed by atoms with E-state index < -0.39 is 0 Å². The minimum absolute atomic E-state index is 0. The van der Waals surface area contributed by atoms with Crippen LogP contribution in [0.1, 0.15) is 37.7 Å². The number of anilines is 1. The molecule has 0 spiro atoms. The number of para-hydroxylation sites is 2. The lowest BCUT2D eigenvalue weighted by atomic mass is 9.65. The summed E-state index contributed by atoms with van der Waals surface area (Å²) in [4.78, 5) is 17.3. The third-order valence-electron chi connectivity index (χ3n) is 6.89. The molecule has 2 saturated carbocycles. The van der Waals surface area contributed by atoms with Crippen molar-refractivity contribution in [3.05, 3.63) is 60.4 Å². The number of imidazole rings is 1. The average molecular weight is 461 g/mol. The van der Waals surface area contributed by atoms with Gasteiger partial charge in [0.15, 0.2) is 0 Å². The summed E-state index contributed by atoms with van der Waals surface area (Å²) >= 11 is 0. The Hall–Kier alpha value is -2.08. The summed E-state index contributed by atoms with van der Waals surface area (Å²) in [6.07, 6.45) is 7.39. The molecule has 1 aromatic heterocycles. The maximum atomic E-state index is 12.8. The maximum Gasteiger partial charge on any atom is 0.227 e. The van der Waals surface area contributed by atoms with Crippen molar-refractivity contribution in [1.82, 2.24) is 9.55 Å². The number of nitrogens with one attached hydrogen (secondary N) is 1. The summed E-state index contributed by atoms with van der Waals surface area (Å²) in [6, 6.07) is 16.6. The standard InChI is InChI=1S/C24H28N4O.2ClH/c25-23-17-4-3-5-18(23)13-19(12-17)24(29)27-20-10-8-16(9-11-20)14-28-15-26-21-6-1-2-7-22(21)28;;/h1-2,6-11,15,17-19,23H,3-5,12-14,25H2,(H,27,29);2*1H. The molecule has 166 valence electrons. The molecule has 31 heavy (non-hydrogen) atoms. The molecule has 0 radical (unpaired) electrons. The van der Waals surface area contributed by atoms with E-state index in [4.69, 9.17) is 5.73 Å². The van der Waals surface area contributed by atoms with Crippen LogP contribution >= 0.6 is 24.8 Å². The first kappa shape index (κ1) is 23.6. The quantitative estimate of drug-likeness (QED) is 0.573. The van der Waals surface area contributed by atoms with Crippen molar-refractivity contribution >= 4 is 47.4 Å². The highest BCUT2D eigenvalue weighted by atomic mass is 35.5. The molecule has 2 unspecified atom stereocenters. The Labute approximate surface area is 195 Å². The van der Waals surface area contributed by atoms with Gasteiger partial charge < -0.3 is 15.6 Å². The van der Waals surface area contributed by atoms with Crippen LogP contribution in [-0.2, 0) is 11.3 Å². The topological polar surface area (TPSA) is 72.9 Å². The molecule has 3 aromatic rings. The molecular weight excluding hydrogens is 431 g/mol. The molecule has 2 aliphatic rings. The molecule has 2 aromatic carbocycles. The zero-order chi connectivity index (χ0) is 19.8. The number of aromatic nitrogens is 2. The van der Waals surface area contributed by atoms with Crippen molar-refractivity contribution in [1.29, 1.82) is 0 Å². The van der Waals surface area contributed by atoms with Crippen molar-refractivity contribution in [2.45, 2.75) is 44.7 Å². The van der Waals surface area contributed by atoms with Gasteiger partial charge in [-0.3, -0.25) is 4.79 Å². The van der Waals surface area contributed by atoms with Crippen LogP contribution in [0.5, 0.6) is 0 Å². The normalized spacial score (nSPS) is 24.7. The van der Waals surface area contributed by atoms with E-state index in [9.17, 15) is 4.79 Å². The molecule has 7 heteroatoms. The molecule has 0 saturated heterocycles. The zero-order valence-corrected chi connectivity index (χ0v) is 19.1. The number of carbonyl (C=O) groups is 1. The summed E-state index contributed by atoms with van der Waals surface area (Å²) in [7, 11) is 0. The summed E-state index contributed by atoms with van der Waals surface area (Å²) in [6.45, 7) is 0.763. The average Bonchev–Trinajstić information content (AvgIpc) is 3.12. The van der Waals surface area contributed by atoms with E-state index in [0.717, 1.165) is 36.1 Å². The fraction of sp³-hybridized carbons (Fsp3) is 0.417. The lowest BCUT2D eigenvalue weighted by Gasteiger charge is -2.43. The highest BCUT2D eigenvalue weighted by Gasteiger charge is 2.40. The largest absolute Gasteiger partial charge is 0.327 e. The first-order valence-corrected chi connectivity index (χ1v) is 10.7. The molecule has 1 heterocycles. The second-order valence-electron chi connectivity index (χ2n) is 8.74. The van der Waals surface area contributed by atoms with Crippen molar-refractivity contribution in [2.75, 3.05) is 5.32 Å². The van der Waals surface area contributed by atoms with Gasteiger partial charge >= 0.3 is 0 Å². The molecule has 2 aliphatic carbocycles. The Balaban J connectivity index is 0.00000136. The Morgan fingerprint density at radius 1 is 1.03 bits per heavy atom. The molecule has 0 aliphatic heterocycles. The van der Waals surface area contributed by atoms with Gasteiger partial charge in [-0.1, -0.05) is 30.7 Å². The molecule has 3 N–H and O–H groups in total. The van der Waals surface area contributed by atoms with Crippen molar-refractivity contribution < 1.29 is 4.79 Å². The Morgan fingerprint density at radius 3 is 2.42 bits per heavy atom. The zero-order valence-electron chi connectivity index (χ0n) is 17.4. The maximum absolute atomic E-state index is 12.8. The van der Waals surface area contributed by atoms with Gasteiger partial charge in [0, 0.05) is 24.2 Å². The predicted molar refractivity (Wildman–Crippen MR) is 130 cm³/mol. The number of benzene rings is 2. The number of carbonyl (C=O) groups excluding carboxylic acids is 1. The number of halogens is 2. The van der Waals surface area contributed by atoms with Gasteiger partial charge in [0.2, 0.25) is 5.91 Å². The number of fused-ring (bicyclic) bond motifs is 3. The van der Waals surface area contributed by atoms with E-state index >= 15 is 0 Å². The monoisotopic (exact) mass is 460 g/mol. The van der Waals surface area contributed by atoms with Crippen LogP contribution in [0.4, 0.5) is 5.69 Å². The summed E-state index contributed by atoms with van der Waals surface area (Å²) in [5.74, 6) is 1.29. The number of amides is 1. The van der Waals surface area contributed by atoms with Crippen LogP contribution in [0.15, 0.2) is 54.9 Å². The molecule has 2 atom stereocenters. The second-order valence-corrected chi connectivity index (χ2v) is 8.74. The van der Waals surface area contributed by atoms with E-state index in [-0.39, 0.29) is 36.6 Å². The van der Waals surface area contributed by atoms with Crippen LogP contribution in [0.25, 0.3) is 11.0 Å². The third-order valence-corrected chi connectivity index (χ3v) is 6.89. The van der Waals surface area contributed by atoms with Gasteiger partial charge in [-0.25, -0.2) is 4.98 Å². The number of hydrogen-bond donors (Lipinski definition) is 2. The fourth-order valence-electron chi connectivity index (χ4n) is 5.27. The summed E-state index contributed by atoms with van der Waals surface area (Å²) in [5.41, 5.74) is 10.6. The first-order valence-electron chi connectivity index (χ1n) is 10.7. The summed E-state index contributed by atoms with van der Waals surface area (Å²) in [5, 5.41) is 3.13. The number of nitrogens with zero attached hydrogens (tertiary/aromatic N) is 2. The van der Waals surface area contributed by atoms with E-state index in [1.54, 1.807) is 0 Å². The van der Waals surface area contributed by atoms with Gasteiger partial charge in [-0.2, -0.15) is 0 Å². The van der Waals surface area contributed by atoms with Gasteiger partial charge in [0.1, 0.15) is 0 Å². The third kappa shape index (κ3) is 4.89. The summed E-state index contributed by atoms with van der Waals surface area (Å²) < 4.78 is 2.15. The highest BCUT2D eigenvalue weighted by molar-refractivity contribution is 5.92. The minimum atomic E-state index is 0. The van der Waals surface area contributed by atoms with Crippen molar-refractivity contribution in [3.63, 3.8) is 0 Å². The molecule has 5 nitrogen and oxygen atoms in total.